The topological polar surface area (TPSA) is 62.3 Å². The Labute approximate surface area is 124 Å². The molecule has 5 nitrogen and oxygen atoms in total. The molecule has 1 aromatic heterocycles. The molecule has 0 radical (unpaired) electrons. The number of nitrogens with one attached hydrogen (secondary N) is 1. The maximum atomic E-state index is 12.7. The average molecular weight is 303 g/mol. The molecule has 110 valence electrons. The summed E-state index contributed by atoms with van der Waals surface area (Å²) in [6, 6.07) is 11.2. The Balaban J connectivity index is 1.89. The van der Waals surface area contributed by atoms with Crippen molar-refractivity contribution in [3.05, 3.63) is 53.7 Å². The van der Waals surface area contributed by atoms with Crippen molar-refractivity contribution in [3.8, 4) is 0 Å². The number of benzene rings is 1. The molecule has 2 heterocycles. The number of sulfonamides is 1. The van der Waals surface area contributed by atoms with Gasteiger partial charge in [0.2, 0.25) is 10.0 Å². The van der Waals surface area contributed by atoms with Gasteiger partial charge in [-0.1, -0.05) is 24.3 Å². The van der Waals surface area contributed by atoms with Crippen LogP contribution in [0.1, 0.15) is 11.1 Å². The van der Waals surface area contributed by atoms with E-state index >= 15 is 0 Å². The summed E-state index contributed by atoms with van der Waals surface area (Å²) in [7, 11) is -1.74. The minimum absolute atomic E-state index is 0.237. The molecule has 0 unspecified atom stereocenters. The Kier molecular flexibility index (Phi) is 3.65. The molecule has 0 atom stereocenters. The normalized spacial score (nSPS) is 15.5. The Morgan fingerprint density at radius 3 is 2.57 bits per heavy atom. The van der Waals surface area contributed by atoms with Gasteiger partial charge in [-0.3, -0.25) is 0 Å². The van der Waals surface area contributed by atoms with Crippen molar-refractivity contribution in [2.45, 2.75) is 17.9 Å². The lowest BCUT2D eigenvalue weighted by atomic mass is 10.0. The highest BCUT2D eigenvalue weighted by molar-refractivity contribution is 7.89. The van der Waals surface area contributed by atoms with E-state index in [0.29, 0.717) is 18.9 Å². The lowest BCUT2D eigenvalue weighted by molar-refractivity contribution is 0.391. The second-order valence-electron chi connectivity index (χ2n) is 4.99. The molecule has 0 fully saturated rings. The second-order valence-corrected chi connectivity index (χ2v) is 6.92. The van der Waals surface area contributed by atoms with E-state index in [1.165, 1.54) is 16.1 Å². The third kappa shape index (κ3) is 2.64. The number of rotatable bonds is 3. The maximum Gasteiger partial charge on any atom is 0.244 e. The van der Waals surface area contributed by atoms with Crippen LogP contribution in [-0.4, -0.2) is 31.3 Å². The van der Waals surface area contributed by atoms with Gasteiger partial charge in [0.05, 0.1) is 0 Å². The highest BCUT2D eigenvalue weighted by Crippen LogP contribution is 2.24. The Morgan fingerprint density at radius 2 is 1.90 bits per heavy atom. The van der Waals surface area contributed by atoms with E-state index in [2.05, 4.69) is 16.4 Å². The van der Waals surface area contributed by atoms with E-state index in [0.717, 1.165) is 12.0 Å². The van der Waals surface area contributed by atoms with Crippen molar-refractivity contribution in [1.29, 1.82) is 0 Å². The van der Waals surface area contributed by atoms with Crippen molar-refractivity contribution in [3.63, 3.8) is 0 Å². The number of pyridine rings is 1. The summed E-state index contributed by atoms with van der Waals surface area (Å²) in [6.07, 6.45) is 2.15. The van der Waals surface area contributed by atoms with E-state index in [-0.39, 0.29) is 4.90 Å². The maximum absolute atomic E-state index is 12.7. The van der Waals surface area contributed by atoms with E-state index in [1.54, 1.807) is 19.2 Å². The quantitative estimate of drug-likeness (QED) is 0.940. The van der Waals surface area contributed by atoms with Gasteiger partial charge in [-0.15, -0.1) is 0 Å². The highest BCUT2D eigenvalue weighted by Gasteiger charge is 2.28. The minimum atomic E-state index is -3.49. The molecule has 3 rings (SSSR count). The van der Waals surface area contributed by atoms with Crippen LogP contribution < -0.4 is 5.32 Å². The third-order valence-electron chi connectivity index (χ3n) is 3.73. The van der Waals surface area contributed by atoms with Gasteiger partial charge in [0.1, 0.15) is 10.7 Å². The van der Waals surface area contributed by atoms with Gasteiger partial charge in [0, 0.05) is 26.3 Å². The van der Waals surface area contributed by atoms with Gasteiger partial charge in [0.25, 0.3) is 0 Å². The van der Waals surface area contributed by atoms with Crippen LogP contribution >= 0.6 is 0 Å². The van der Waals surface area contributed by atoms with Crippen LogP contribution in [0.2, 0.25) is 0 Å². The highest BCUT2D eigenvalue weighted by atomic mass is 32.2. The zero-order valence-electron chi connectivity index (χ0n) is 11.8. The summed E-state index contributed by atoms with van der Waals surface area (Å²) in [6.45, 7) is 0.930. The first-order chi connectivity index (χ1) is 10.1. The first-order valence-corrected chi connectivity index (χ1v) is 8.26. The fraction of sp³-hybridized carbons (Fsp3) is 0.267. The summed E-state index contributed by atoms with van der Waals surface area (Å²) < 4.78 is 26.8. The summed E-state index contributed by atoms with van der Waals surface area (Å²) in [4.78, 5) is 4.32. The SMILES string of the molecule is CNc1ccc(S(=O)(=O)N2CCc3ccccc3C2)cn1. The van der Waals surface area contributed by atoms with Crippen LogP contribution in [-0.2, 0) is 23.0 Å². The lowest BCUT2D eigenvalue weighted by Crippen LogP contribution is -2.35. The predicted molar refractivity (Wildman–Crippen MR) is 81.5 cm³/mol. The molecule has 1 aliphatic rings. The molecule has 0 amide bonds. The summed E-state index contributed by atoms with van der Waals surface area (Å²) in [5, 5.41) is 2.88. The third-order valence-corrected chi connectivity index (χ3v) is 5.55. The van der Waals surface area contributed by atoms with Crippen LogP contribution in [0.3, 0.4) is 0 Å². The molecule has 0 bridgehead atoms. The number of aromatic nitrogens is 1. The molecule has 0 spiro atoms. The summed E-state index contributed by atoms with van der Waals surface area (Å²) >= 11 is 0. The molecule has 1 N–H and O–H groups in total. The first-order valence-electron chi connectivity index (χ1n) is 6.82. The molecule has 0 aliphatic carbocycles. The van der Waals surface area contributed by atoms with Crippen LogP contribution in [0.4, 0.5) is 5.82 Å². The molecule has 1 aliphatic heterocycles. The molecule has 6 heteroatoms. The fourth-order valence-corrected chi connectivity index (χ4v) is 3.87. The van der Waals surface area contributed by atoms with E-state index in [9.17, 15) is 8.42 Å². The molecular weight excluding hydrogens is 286 g/mol. The summed E-state index contributed by atoms with van der Waals surface area (Å²) in [5.74, 6) is 0.651. The molecule has 21 heavy (non-hydrogen) atoms. The van der Waals surface area contributed by atoms with Crippen molar-refractivity contribution in [2.24, 2.45) is 0 Å². The van der Waals surface area contributed by atoms with Crippen molar-refractivity contribution in [1.82, 2.24) is 9.29 Å². The molecule has 2 aromatic rings. The Bertz CT molecular complexity index is 742. The molecule has 1 aromatic carbocycles. The number of hydrogen-bond acceptors (Lipinski definition) is 4. The van der Waals surface area contributed by atoms with Gasteiger partial charge in [-0.25, -0.2) is 13.4 Å². The van der Waals surface area contributed by atoms with Crippen LogP contribution in [0.25, 0.3) is 0 Å². The second kappa shape index (κ2) is 5.46. The standard InChI is InChI=1S/C15H17N3O2S/c1-16-15-7-6-14(10-17-15)21(19,20)18-9-8-12-4-2-3-5-13(12)11-18/h2-7,10H,8-9,11H2,1H3,(H,16,17). The van der Waals surface area contributed by atoms with Gasteiger partial charge in [0.15, 0.2) is 0 Å². The average Bonchev–Trinajstić information content (AvgIpc) is 2.54. The van der Waals surface area contributed by atoms with E-state index < -0.39 is 10.0 Å². The van der Waals surface area contributed by atoms with Crippen LogP contribution in [0.15, 0.2) is 47.5 Å². The van der Waals surface area contributed by atoms with Crippen molar-refractivity contribution in [2.75, 3.05) is 18.9 Å². The van der Waals surface area contributed by atoms with Gasteiger partial charge in [-0.05, 0) is 29.7 Å². The van der Waals surface area contributed by atoms with Crippen LogP contribution in [0.5, 0.6) is 0 Å². The number of hydrogen-bond donors (Lipinski definition) is 1. The van der Waals surface area contributed by atoms with Gasteiger partial charge >= 0.3 is 0 Å². The van der Waals surface area contributed by atoms with E-state index in [1.807, 2.05) is 18.2 Å². The molecular formula is C15H17N3O2S. The predicted octanol–water partition coefficient (Wildman–Crippen LogP) is 1.87. The first kappa shape index (κ1) is 14.0. The fourth-order valence-electron chi connectivity index (χ4n) is 2.50. The van der Waals surface area contributed by atoms with E-state index in [4.69, 9.17) is 0 Å². The number of nitrogens with zero attached hydrogens (tertiary/aromatic N) is 2. The number of anilines is 1. The summed E-state index contributed by atoms with van der Waals surface area (Å²) in [5.41, 5.74) is 2.31. The van der Waals surface area contributed by atoms with Crippen LogP contribution in [0, 0.1) is 0 Å². The zero-order valence-corrected chi connectivity index (χ0v) is 12.6. The zero-order chi connectivity index (χ0) is 14.9. The van der Waals surface area contributed by atoms with Gasteiger partial charge < -0.3 is 5.32 Å². The van der Waals surface area contributed by atoms with Crippen molar-refractivity contribution < 1.29 is 8.42 Å². The smallest absolute Gasteiger partial charge is 0.244 e. The number of fused-ring (bicyclic) bond motifs is 1. The monoisotopic (exact) mass is 303 g/mol. The molecule has 0 saturated heterocycles. The largest absolute Gasteiger partial charge is 0.373 e. The molecule has 0 saturated carbocycles. The Hall–Kier alpha value is -1.92. The van der Waals surface area contributed by atoms with Gasteiger partial charge in [-0.2, -0.15) is 4.31 Å². The minimum Gasteiger partial charge on any atom is -0.373 e. The van der Waals surface area contributed by atoms with Crippen molar-refractivity contribution >= 4 is 15.8 Å². The Morgan fingerprint density at radius 1 is 1.14 bits per heavy atom. The lowest BCUT2D eigenvalue weighted by Gasteiger charge is -2.27.